The summed E-state index contributed by atoms with van der Waals surface area (Å²) in [7, 11) is 4.20. The highest BCUT2D eigenvalue weighted by atomic mass is 16.5. The third-order valence-electron chi connectivity index (χ3n) is 3.31. The molecule has 0 aliphatic heterocycles. The van der Waals surface area contributed by atoms with Gasteiger partial charge in [0.1, 0.15) is 5.75 Å². The lowest BCUT2D eigenvalue weighted by Crippen LogP contribution is -2.30. The van der Waals surface area contributed by atoms with Crippen LogP contribution in [0.15, 0.2) is 18.2 Å². The van der Waals surface area contributed by atoms with Gasteiger partial charge in [-0.15, -0.1) is 0 Å². The highest BCUT2D eigenvalue weighted by Crippen LogP contribution is 2.29. The van der Waals surface area contributed by atoms with E-state index in [-0.39, 0.29) is 0 Å². The van der Waals surface area contributed by atoms with Gasteiger partial charge in [-0.1, -0.05) is 19.1 Å². The van der Waals surface area contributed by atoms with Gasteiger partial charge in [0.25, 0.3) is 0 Å². The quantitative estimate of drug-likeness (QED) is 0.843. The maximum atomic E-state index is 5.81. The molecule has 1 aromatic rings. The van der Waals surface area contributed by atoms with Gasteiger partial charge in [-0.2, -0.15) is 0 Å². The minimum atomic E-state index is 0.351. The Morgan fingerprint density at radius 3 is 2.44 bits per heavy atom. The summed E-state index contributed by atoms with van der Waals surface area (Å²) in [5.41, 5.74) is 8.30. The summed E-state index contributed by atoms with van der Waals surface area (Å²) in [6, 6.07) is 6.77. The van der Waals surface area contributed by atoms with Crippen LogP contribution in [0.4, 0.5) is 0 Å². The SMILES string of the molecule is CCOc1ccc(C(C(C)CN)N(C)C)cc1C. The molecule has 2 unspecified atom stereocenters. The van der Waals surface area contributed by atoms with E-state index in [9.17, 15) is 0 Å². The van der Waals surface area contributed by atoms with Crippen molar-refractivity contribution >= 4 is 0 Å². The van der Waals surface area contributed by atoms with Gasteiger partial charge in [0.15, 0.2) is 0 Å². The largest absolute Gasteiger partial charge is 0.494 e. The first-order valence-corrected chi connectivity index (χ1v) is 6.61. The zero-order valence-electron chi connectivity index (χ0n) is 12.2. The standard InChI is InChI=1S/C15H26N2O/c1-6-18-14-8-7-13(9-11(14)2)15(17(4)5)12(3)10-16/h7-9,12,15H,6,10,16H2,1-5H3. The van der Waals surface area contributed by atoms with Gasteiger partial charge in [-0.25, -0.2) is 0 Å². The number of aryl methyl sites for hydroxylation is 1. The molecule has 0 spiro atoms. The molecular weight excluding hydrogens is 224 g/mol. The fourth-order valence-corrected chi connectivity index (χ4v) is 2.44. The summed E-state index contributed by atoms with van der Waals surface area (Å²) in [6.07, 6.45) is 0. The number of ether oxygens (including phenoxy) is 1. The summed E-state index contributed by atoms with van der Waals surface area (Å²) in [5.74, 6) is 1.40. The Morgan fingerprint density at radius 2 is 2.00 bits per heavy atom. The molecule has 3 heteroatoms. The van der Waals surface area contributed by atoms with E-state index in [0.29, 0.717) is 25.1 Å². The molecule has 0 radical (unpaired) electrons. The molecule has 0 fully saturated rings. The Morgan fingerprint density at radius 1 is 1.33 bits per heavy atom. The van der Waals surface area contributed by atoms with Crippen molar-refractivity contribution in [3.8, 4) is 5.75 Å². The molecule has 102 valence electrons. The lowest BCUT2D eigenvalue weighted by Gasteiger charge is -2.30. The number of nitrogens with two attached hydrogens (primary N) is 1. The first-order valence-electron chi connectivity index (χ1n) is 6.61. The van der Waals surface area contributed by atoms with Gasteiger partial charge in [0.05, 0.1) is 6.61 Å². The number of hydrogen-bond donors (Lipinski definition) is 1. The van der Waals surface area contributed by atoms with Gasteiger partial charge in [-0.3, -0.25) is 0 Å². The van der Waals surface area contributed by atoms with Crippen LogP contribution in [0.1, 0.15) is 31.0 Å². The van der Waals surface area contributed by atoms with Crippen molar-refractivity contribution in [2.45, 2.75) is 26.8 Å². The van der Waals surface area contributed by atoms with Gasteiger partial charge in [0, 0.05) is 6.04 Å². The van der Waals surface area contributed by atoms with Crippen LogP contribution in [0.5, 0.6) is 5.75 Å². The average Bonchev–Trinajstić information content (AvgIpc) is 2.32. The van der Waals surface area contributed by atoms with Crippen molar-refractivity contribution < 1.29 is 4.74 Å². The molecule has 0 aromatic heterocycles. The van der Waals surface area contributed by atoms with E-state index in [1.54, 1.807) is 0 Å². The van der Waals surface area contributed by atoms with Crippen molar-refractivity contribution in [2.75, 3.05) is 27.2 Å². The van der Waals surface area contributed by atoms with Crippen molar-refractivity contribution in [1.82, 2.24) is 4.90 Å². The lowest BCUT2D eigenvalue weighted by molar-refractivity contribution is 0.227. The predicted molar refractivity (Wildman–Crippen MR) is 77.0 cm³/mol. The third kappa shape index (κ3) is 3.47. The molecule has 0 aliphatic carbocycles. The van der Waals surface area contributed by atoms with Gasteiger partial charge < -0.3 is 15.4 Å². The smallest absolute Gasteiger partial charge is 0.122 e. The third-order valence-corrected chi connectivity index (χ3v) is 3.31. The number of hydrogen-bond acceptors (Lipinski definition) is 3. The summed E-state index contributed by atoms with van der Waals surface area (Å²) < 4.78 is 5.58. The van der Waals surface area contributed by atoms with E-state index >= 15 is 0 Å². The fourth-order valence-electron chi connectivity index (χ4n) is 2.44. The first kappa shape index (κ1) is 15.0. The molecule has 0 heterocycles. The number of rotatable bonds is 6. The molecule has 0 saturated heterocycles. The van der Waals surface area contributed by atoms with E-state index < -0.39 is 0 Å². The maximum Gasteiger partial charge on any atom is 0.122 e. The summed E-state index contributed by atoms with van der Waals surface area (Å²) >= 11 is 0. The summed E-state index contributed by atoms with van der Waals surface area (Å²) in [4.78, 5) is 2.23. The second-order valence-electron chi connectivity index (χ2n) is 5.08. The molecule has 2 N–H and O–H groups in total. The van der Waals surface area contributed by atoms with Crippen molar-refractivity contribution in [3.05, 3.63) is 29.3 Å². The van der Waals surface area contributed by atoms with E-state index in [4.69, 9.17) is 10.5 Å². The van der Waals surface area contributed by atoms with E-state index in [0.717, 1.165) is 5.75 Å². The van der Waals surface area contributed by atoms with Crippen LogP contribution >= 0.6 is 0 Å². The molecule has 0 bridgehead atoms. The van der Waals surface area contributed by atoms with E-state index in [2.05, 4.69) is 51.0 Å². The summed E-state index contributed by atoms with van der Waals surface area (Å²) in [5, 5.41) is 0. The number of benzene rings is 1. The topological polar surface area (TPSA) is 38.5 Å². The maximum absolute atomic E-state index is 5.81. The van der Waals surface area contributed by atoms with Crippen LogP contribution in [0, 0.1) is 12.8 Å². The highest BCUT2D eigenvalue weighted by Gasteiger charge is 2.20. The zero-order valence-corrected chi connectivity index (χ0v) is 12.2. The highest BCUT2D eigenvalue weighted by molar-refractivity contribution is 5.37. The Kier molecular flexibility index (Phi) is 5.63. The van der Waals surface area contributed by atoms with Crippen molar-refractivity contribution in [2.24, 2.45) is 11.7 Å². The lowest BCUT2D eigenvalue weighted by atomic mass is 9.92. The zero-order chi connectivity index (χ0) is 13.7. The fraction of sp³-hybridized carbons (Fsp3) is 0.600. The van der Waals surface area contributed by atoms with E-state index in [1.807, 2.05) is 6.92 Å². The molecular formula is C15H26N2O. The van der Waals surface area contributed by atoms with Crippen LogP contribution in [0.3, 0.4) is 0 Å². The monoisotopic (exact) mass is 250 g/mol. The van der Waals surface area contributed by atoms with Crippen LogP contribution in [-0.2, 0) is 0 Å². The van der Waals surface area contributed by atoms with Crippen LogP contribution in [0.2, 0.25) is 0 Å². The minimum Gasteiger partial charge on any atom is -0.494 e. The molecule has 0 saturated carbocycles. The Labute approximate surface area is 111 Å². The van der Waals surface area contributed by atoms with Crippen LogP contribution < -0.4 is 10.5 Å². The second-order valence-corrected chi connectivity index (χ2v) is 5.08. The predicted octanol–water partition coefficient (Wildman–Crippen LogP) is 2.59. The van der Waals surface area contributed by atoms with E-state index in [1.165, 1.54) is 11.1 Å². The van der Waals surface area contributed by atoms with Gasteiger partial charge in [-0.05, 0) is 57.6 Å². The second kappa shape index (κ2) is 6.76. The molecule has 1 aromatic carbocycles. The first-order chi connectivity index (χ1) is 8.51. The Balaban J connectivity index is 3.03. The molecule has 1 rings (SSSR count). The normalized spacial score (nSPS) is 14.6. The molecule has 3 nitrogen and oxygen atoms in total. The van der Waals surface area contributed by atoms with Crippen molar-refractivity contribution in [1.29, 1.82) is 0 Å². The summed E-state index contributed by atoms with van der Waals surface area (Å²) in [6.45, 7) is 7.68. The Bertz CT molecular complexity index is 377. The molecule has 2 atom stereocenters. The van der Waals surface area contributed by atoms with Crippen molar-refractivity contribution in [3.63, 3.8) is 0 Å². The van der Waals surface area contributed by atoms with Crippen LogP contribution in [0.25, 0.3) is 0 Å². The number of nitrogens with zero attached hydrogens (tertiary/aromatic N) is 1. The average molecular weight is 250 g/mol. The van der Waals surface area contributed by atoms with Crippen LogP contribution in [-0.4, -0.2) is 32.1 Å². The molecule has 18 heavy (non-hydrogen) atoms. The Hall–Kier alpha value is -1.06. The van der Waals surface area contributed by atoms with Gasteiger partial charge >= 0.3 is 0 Å². The molecule has 0 amide bonds. The molecule has 0 aliphatic rings. The van der Waals surface area contributed by atoms with Gasteiger partial charge in [0.2, 0.25) is 0 Å². The minimum absolute atomic E-state index is 0.351.